The number of rotatable bonds is 5. The van der Waals surface area contributed by atoms with Gasteiger partial charge in [0, 0.05) is 6.54 Å². The number of nitrogens with zero attached hydrogens (tertiary/aromatic N) is 1. The lowest BCUT2D eigenvalue weighted by atomic mass is 9.94. The van der Waals surface area contributed by atoms with Gasteiger partial charge in [0.05, 0.1) is 5.02 Å². The Morgan fingerprint density at radius 3 is 2.79 bits per heavy atom. The van der Waals surface area contributed by atoms with Gasteiger partial charge in [0.15, 0.2) is 0 Å². The van der Waals surface area contributed by atoms with Gasteiger partial charge in [-0.3, -0.25) is 0 Å². The lowest BCUT2D eigenvalue weighted by Crippen LogP contribution is -2.31. The van der Waals surface area contributed by atoms with Gasteiger partial charge in [0.25, 0.3) is 0 Å². The Morgan fingerprint density at radius 1 is 1.37 bits per heavy atom. The second kappa shape index (κ2) is 7.22. The van der Waals surface area contributed by atoms with Gasteiger partial charge in [-0.25, -0.2) is 4.39 Å². The van der Waals surface area contributed by atoms with Crippen LogP contribution in [0.25, 0.3) is 0 Å². The van der Waals surface area contributed by atoms with Gasteiger partial charge in [0.2, 0.25) is 0 Å². The molecule has 1 saturated heterocycles. The van der Waals surface area contributed by atoms with E-state index < -0.39 is 0 Å². The highest BCUT2D eigenvalue weighted by Crippen LogP contribution is 2.19. The highest BCUT2D eigenvalue weighted by Gasteiger charge is 2.15. The first-order valence-electron chi connectivity index (χ1n) is 6.98. The molecule has 0 unspecified atom stereocenters. The number of benzene rings is 1. The third kappa shape index (κ3) is 4.75. The Kier molecular flexibility index (Phi) is 5.61. The molecule has 1 N–H and O–H groups in total. The molecule has 0 saturated carbocycles. The van der Waals surface area contributed by atoms with Crippen molar-refractivity contribution in [2.45, 2.75) is 25.8 Å². The van der Waals surface area contributed by atoms with Crippen molar-refractivity contribution in [3.8, 4) is 0 Å². The van der Waals surface area contributed by atoms with Gasteiger partial charge < -0.3 is 10.2 Å². The smallest absolute Gasteiger partial charge is 0.141 e. The molecule has 0 bridgehead atoms. The molecule has 1 fully saturated rings. The molecular formula is C15H22ClFN2. The lowest BCUT2D eigenvalue weighted by molar-refractivity contribution is 0.211. The third-order valence-corrected chi connectivity index (χ3v) is 4.17. The van der Waals surface area contributed by atoms with E-state index in [1.54, 1.807) is 12.1 Å². The van der Waals surface area contributed by atoms with Crippen LogP contribution in [-0.2, 0) is 6.54 Å². The summed E-state index contributed by atoms with van der Waals surface area (Å²) in [5.41, 5.74) is 1.04. The number of piperidine rings is 1. The minimum absolute atomic E-state index is 0.203. The van der Waals surface area contributed by atoms with Crippen LogP contribution in [0.3, 0.4) is 0 Å². The average Bonchev–Trinajstić information content (AvgIpc) is 2.41. The number of hydrogen-bond acceptors (Lipinski definition) is 2. The van der Waals surface area contributed by atoms with Gasteiger partial charge in [-0.15, -0.1) is 0 Å². The van der Waals surface area contributed by atoms with Crippen LogP contribution in [0, 0.1) is 11.7 Å². The summed E-state index contributed by atoms with van der Waals surface area (Å²) in [6.07, 6.45) is 3.84. The number of halogens is 2. The number of hydrogen-bond donors (Lipinski definition) is 1. The van der Waals surface area contributed by atoms with Crippen molar-refractivity contribution >= 4 is 11.6 Å². The van der Waals surface area contributed by atoms with Gasteiger partial charge in [0.1, 0.15) is 5.82 Å². The SMILES string of the molecule is CN1CCC(CCNCc2ccc(F)c(Cl)c2)CC1. The number of likely N-dealkylation sites (tertiary alicyclic amines) is 1. The molecule has 0 atom stereocenters. The molecule has 1 aliphatic heterocycles. The fraction of sp³-hybridized carbons (Fsp3) is 0.600. The van der Waals surface area contributed by atoms with E-state index in [1.807, 2.05) is 0 Å². The fourth-order valence-corrected chi connectivity index (χ4v) is 2.74. The van der Waals surface area contributed by atoms with E-state index in [1.165, 1.54) is 38.4 Å². The molecule has 4 heteroatoms. The molecule has 0 aromatic heterocycles. The predicted octanol–water partition coefficient (Wildman–Crippen LogP) is 3.30. The van der Waals surface area contributed by atoms with Crippen LogP contribution >= 0.6 is 11.6 Å². The topological polar surface area (TPSA) is 15.3 Å². The molecule has 1 aromatic rings. The molecule has 1 aliphatic rings. The van der Waals surface area contributed by atoms with Crippen molar-refractivity contribution in [2.24, 2.45) is 5.92 Å². The Labute approximate surface area is 119 Å². The summed E-state index contributed by atoms with van der Waals surface area (Å²) in [5, 5.41) is 3.62. The normalized spacial score (nSPS) is 17.8. The van der Waals surface area contributed by atoms with Gasteiger partial charge in [-0.1, -0.05) is 17.7 Å². The maximum atomic E-state index is 13.0. The highest BCUT2D eigenvalue weighted by atomic mass is 35.5. The first kappa shape index (κ1) is 14.8. The average molecular weight is 285 g/mol. The van der Waals surface area contributed by atoms with Crippen LogP contribution in [0.5, 0.6) is 0 Å². The van der Waals surface area contributed by atoms with E-state index in [4.69, 9.17) is 11.6 Å². The zero-order valence-electron chi connectivity index (χ0n) is 11.5. The maximum absolute atomic E-state index is 13.0. The van der Waals surface area contributed by atoms with Crippen molar-refractivity contribution in [1.82, 2.24) is 10.2 Å². The standard InChI is InChI=1S/C15H22ClFN2/c1-19-8-5-12(6-9-19)4-7-18-11-13-2-3-15(17)14(16)10-13/h2-3,10,12,18H,4-9,11H2,1H3. The fourth-order valence-electron chi connectivity index (χ4n) is 2.54. The molecule has 2 rings (SSSR count). The minimum atomic E-state index is -0.350. The van der Waals surface area contributed by atoms with Crippen molar-refractivity contribution in [2.75, 3.05) is 26.7 Å². The lowest BCUT2D eigenvalue weighted by Gasteiger charge is -2.28. The van der Waals surface area contributed by atoms with Crippen LogP contribution in [0.15, 0.2) is 18.2 Å². The van der Waals surface area contributed by atoms with Crippen LogP contribution < -0.4 is 5.32 Å². The second-order valence-corrected chi connectivity index (χ2v) is 5.87. The molecule has 1 heterocycles. The van der Waals surface area contributed by atoms with Crippen molar-refractivity contribution in [3.05, 3.63) is 34.6 Å². The highest BCUT2D eigenvalue weighted by molar-refractivity contribution is 6.30. The van der Waals surface area contributed by atoms with E-state index in [9.17, 15) is 4.39 Å². The largest absolute Gasteiger partial charge is 0.313 e. The predicted molar refractivity (Wildman–Crippen MR) is 78.0 cm³/mol. The Balaban J connectivity index is 1.65. The molecule has 1 aromatic carbocycles. The first-order valence-corrected chi connectivity index (χ1v) is 7.36. The van der Waals surface area contributed by atoms with E-state index >= 15 is 0 Å². The Morgan fingerprint density at radius 2 is 2.11 bits per heavy atom. The summed E-state index contributed by atoms with van der Waals surface area (Å²) in [6.45, 7) is 4.21. The third-order valence-electron chi connectivity index (χ3n) is 3.88. The molecule has 0 amide bonds. The summed E-state index contributed by atoms with van der Waals surface area (Å²) in [7, 11) is 2.19. The van der Waals surface area contributed by atoms with E-state index in [0.717, 1.165) is 24.6 Å². The summed E-state index contributed by atoms with van der Waals surface area (Å²) in [6, 6.07) is 4.90. The molecule has 106 valence electrons. The van der Waals surface area contributed by atoms with Crippen molar-refractivity contribution in [3.63, 3.8) is 0 Å². The number of nitrogens with one attached hydrogen (secondary N) is 1. The monoisotopic (exact) mass is 284 g/mol. The van der Waals surface area contributed by atoms with Crippen molar-refractivity contribution in [1.29, 1.82) is 0 Å². The molecule has 19 heavy (non-hydrogen) atoms. The quantitative estimate of drug-likeness (QED) is 0.835. The van der Waals surface area contributed by atoms with Crippen LogP contribution in [0.4, 0.5) is 4.39 Å². The second-order valence-electron chi connectivity index (χ2n) is 5.46. The van der Waals surface area contributed by atoms with Crippen molar-refractivity contribution < 1.29 is 4.39 Å². The van der Waals surface area contributed by atoms with Gasteiger partial charge in [-0.2, -0.15) is 0 Å². The molecule has 0 aliphatic carbocycles. The molecule has 0 radical (unpaired) electrons. The summed E-state index contributed by atoms with van der Waals surface area (Å²) in [4.78, 5) is 2.39. The van der Waals surface area contributed by atoms with E-state index in [-0.39, 0.29) is 10.8 Å². The first-order chi connectivity index (χ1) is 9.15. The van der Waals surface area contributed by atoms with Crippen LogP contribution in [-0.4, -0.2) is 31.6 Å². The Bertz CT molecular complexity index is 403. The maximum Gasteiger partial charge on any atom is 0.141 e. The molecule has 2 nitrogen and oxygen atoms in total. The van der Waals surface area contributed by atoms with Crippen LogP contribution in [0.1, 0.15) is 24.8 Å². The van der Waals surface area contributed by atoms with Gasteiger partial charge >= 0.3 is 0 Å². The zero-order valence-corrected chi connectivity index (χ0v) is 12.2. The van der Waals surface area contributed by atoms with Crippen LogP contribution in [0.2, 0.25) is 5.02 Å². The van der Waals surface area contributed by atoms with Gasteiger partial charge in [-0.05, 0) is 69.6 Å². The summed E-state index contributed by atoms with van der Waals surface area (Å²) in [5.74, 6) is 0.497. The Hall–Kier alpha value is -0.640. The molecule has 0 spiro atoms. The minimum Gasteiger partial charge on any atom is -0.313 e. The van der Waals surface area contributed by atoms with E-state index in [0.29, 0.717) is 0 Å². The summed E-state index contributed by atoms with van der Waals surface area (Å²) < 4.78 is 13.0. The zero-order chi connectivity index (χ0) is 13.7. The summed E-state index contributed by atoms with van der Waals surface area (Å²) >= 11 is 5.75. The van der Waals surface area contributed by atoms with E-state index in [2.05, 4.69) is 17.3 Å². The molecular weight excluding hydrogens is 263 g/mol.